The topological polar surface area (TPSA) is 67.0 Å². The van der Waals surface area contributed by atoms with Crippen LogP contribution in [0.4, 0.5) is 0 Å². The molecule has 1 aromatic carbocycles. The Morgan fingerprint density at radius 2 is 1.79 bits per heavy atom. The molecule has 128 valence electrons. The van der Waals surface area contributed by atoms with Crippen molar-refractivity contribution in [3.8, 4) is 17.0 Å². The first kappa shape index (κ1) is 16.6. The number of hydrogen-bond acceptors (Lipinski definition) is 3. The molecule has 0 atom stereocenters. The third-order valence-corrected chi connectivity index (χ3v) is 4.65. The first-order valence-corrected chi connectivity index (χ1v) is 8.77. The molecule has 1 aromatic heterocycles. The van der Waals surface area contributed by atoms with Crippen molar-refractivity contribution in [2.75, 3.05) is 7.11 Å². The zero-order chi connectivity index (χ0) is 16.8. The van der Waals surface area contributed by atoms with Crippen molar-refractivity contribution in [3.63, 3.8) is 0 Å². The Balaban J connectivity index is 1.64. The minimum absolute atomic E-state index is 0.0622. The lowest BCUT2D eigenvalue weighted by molar-refractivity contribution is 0.0925. The fraction of sp³-hybridized carbons (Fsp3) is 0.474. The van der Waals surface area contributed by atoms with Gasteiger partial charge in [0.2, 0.25) is 0 Å². The van der Waals surface area contributed by atoms with E-state index < -0.39 is 0 Å². The van der Waals surface area contributed by atoms with Crippen LogP contribution >= 0.6 is 0 Å². The highest BCUT2D eigenvalue weighted by molar-refractivity contribution is 5.93. The maximum Gasteiger partial charge on any atom is 0.269 e. The van der Waals surface area contributed by atoms with Gasteiger partial charge in [-0.25, -0.2) is 0 Å². The predicted octanol–water partition coefficient (Wildman–Crippen LogP) is 3.93. The Morgan fingerprint density at radius 3 is 2.46 bits per heavy atom. The molecule has 0 aliphatic heterocycles. The third kappa shape index (κ3) is 4.16. The third-order valence-electron chi connectivity index (χ3n) is 4.65. The molecule has 5 heteroatoms. The van der Waals surface area contributed by atoms with Gasteiger partial charge in [0.05, 0.1) is 12.8 Å². The van der Waals surface area contributed by atoms with E-state index in [2.05, 4.69) is 15.5 Å². The summed E-state index contributed by atoms with van der Waals surface area (Å²) >= 11 is 0. The molecule has 24 heavy (non-hydrogen) atoms. The second-order valence-electron chi connectivity index (χ2n) is 6.41. The molecule has 1 aliphatic rings. The van der Waals surface area contributed by atoms with Crippen LogP contribution < -0.4 is 10.1 Å². The van der Waals surface area contributed by atoms with Crippen molar-refractivity contribution in [1.82, 2.24) is 15.5 Å². The summed E-state index contributed by atoms with van der Waals surface area (Å²) in [7, 11) is 1.64. The molecular weight excluding hydrogens is 302 g/mol. The molecule has 0 radical (unpaired) electrons. The molecular formula is C19H25N3O2. The van der Waals surface area contributed by atoms with Crippen LogP contribution in [0.3, 0.4) is 0 Å². The molecule has 1 saturated carbocycles. The van der Waals surface area contributed by atoms with Crippen molar-refractivity contribution in [2.24, 2.45) is 0 Å². The number of ether oxygens (including phenoxy) is 1. The number of nitrogens with one attached hydrogen (secondary N) is 2. The summed E-state index contributed by atoms with van der Waals surface area (Å²) in [4.78, 5) is 12.5. The van der Waals surface area contributed by atoms with Gasteiger partial charge >= 0.3 is 0 Å². The second-order valence-corrected chi connectivity index (χ2v) is 6.41. The molecule has 1 fully saturated rings. The van der Waals surface area contributed by atoms with Crippen molar-refractivity contribution in [1.29, 1.82) is 0 Å². The normalized spacial score (nSPS) is 16.2. The summed E-state index contributed by atoms with van der Waals surface area (Å²) in [5.41, 5.74) is 2.24. The zero-order valence-corrected chi connectivity index (χ0v) is 14.2. The molecule has 2 aromatic rings. The van der Waals surface area contributed by atoms with Crippen LogP contribution in [-0.4, -0.2) is 29.3 Å². The number of aromatic amines is 1. The largest absolute Gasteiger partial charge is 0.497 e. The summed E-state index contributed by atoms with van der Waals surface area (Å²) in [6.07, 6.45) is 8.43. The number of methoxy groups -OCH3 is 1. The van der Waals surface area contributed by atoms with Crippen molar-refractivity contribution in [3.05, 3.63) is 36.0 Å². The van der Waals surface area contributed by atoms with Gasteiger partial charge in [0.1, 0.15) is 11.4 Å². The monoisotopic (exact) mass is 327 g/mol. The molecule has 2 N–H and O–H groups in total. The number of carbonyl (C=O) groups excluding carboxylic acids is 1. The number of nitrogens with zero attached hydrogens (tertiary/aromatic N) is 1. The van der Waals surface area contributed by atoms with Crippen molar-refractivity contribution >= 4 is 5.91 Å². The standard InChI is InChI=1S/C19H25N3O2/c1-24-16-11-9-14(10-12-16)17-13-18(22-21-17)19(23)20-15-7-5-3-2-4-6-8-15/h9-13,15H,2-8H2,1H3,(H,20,23)(H,21,22). The summed E-state index contributed by atoms with van der Waals surface area (Å²) in [5, 5.41) is 10.3. The van der Waals surface area contributed by atoms with E-state index in [-0.39, 0.29) is 11.9 Å². The predicted molar refractivity (Wildman–Crippen MR) is 94.1 cm³/mol. The Kier molecular flexibility index (Phi) is 5.51. The molecule has 1 aliphatic carbocycles. The number of rotatable bonds is 4. The summed E-state index contributed by atoms with van der Waals surface area (Å²) in [5.74, 6) is 0.740. The zero-order valence-electron chi connectivity index (χ0n) is 14.2. The van der Waals surface area contributed by atoms with Crippen molar-refractivity contribution in [2.45, 2.75) is 51.0 Å². The van der Waals surface area contributed by atoms with Gasteiger partial charge in [-0.05, 0) is 43.2 Å². The summed E-state index contributed by atoms with van der Waals surface area (Å²) in [6.45, 7) is 0. The first-order chi connectivity index (χ1) is 11.8. The molecule has 0 unspecified atom stereocenters. The van der Waals surface area contributed by atoms with E-state index in [1.165, 1.54) is 32.1 Å². The molecule has 3 rings (SSSR count). The van der Waals surface area contributed by atoms with Gasteiger partial charge in [-0.2, -0.15) is 5.10 Å². The molecule has 0 bridgehead atoms. The van der Waals surface area contributed by atoms with Gasteiger partial charge in [-0.3, -0.25) is 9.89 Å². The van der Waals surface area contributed by atoms with E-state index in [0.29, 0.717) is 5.69 Å². The number of benzene rings is 1. The van der Waals surface area contributed by atoms with Crippen LogP contribution in [-0.2, 0) is 0 Å². The van der Waals surface area contributed by atoms with Crippen LogP contribution in [0.5, 0.6) is 5.75 Å². The Labute approximate surface area is 142 Å². The number of H-pyrrole nitrogens is 1. The maximum absolute atomic E-state index is 12.5. The maximum atomic E-state index is 12.5. The highest BCUT2D eigenvalue weighted by Gasteiger charge is 2.17. The first-order valence-electron chi connectivity index (χ1n) is 8.77. The average Bonchev–Trinajstić information content (AvgIpc) is 3.07. The van der Waals surface area contributed by atoms with Gasteiger partial charge in [0.25, 0.3) is 5.91 Å². The fourth-order valence-corrected chi connectivity index (χ4v) is 3.21. The fourth-order valence-electron chi connectivity index (χ4n) is 3.21. The Morgan fingerprint density at radius 1 is 1.12 bits per heavy atom. The quantitative estimate of drug-likeness (QED) is 0.894. The van der Waals surface area contributed by atoms with E-state index in [4.69, 9.17) is 4.74 Å². The van der Waals surface area contributed by atoms with Crippen LogP contribution in [0, 0.1) is 0 Å². The smallest absolute Gasteiger partial charge is 0.269 e. The number of carbonyl (C=O) groups is 1. The lowest BCUT2D eigenvalue weighted by Crippen LogP contribution is -2.35. The molecule has 0 spiro atoms. The summed E-state index contributed by atoms with van der Waals surface area (Å²) < 4.78 is 5.16. The van der Waals surface area contributed by atoms with E-state index in [9.17, 15) is 4.79 Å². The number of amides is 1. The Bertz CT molecular complexity index is 656. The Hall–Kier alpha value is -2.30. The molecule has 1 amide bonds. The molecule has 0 saturated heterocycles. The molecule has 5 nitrogen and oxygen atoms in total. The van der Waals surface area contributed by atoms with Gasteiger partial charge in [0, 0.05) is 11.6 Å². The van der Waals surface area contributed by atoms with E-state index >= 15 is 0 Å². The molecule has 1 heterocycles. The lowest BCUT2D eigenvalue weighted by atomic mass is 9.96. The van der Waals surface area contributed by atoms with Crippen LogP contribution in [0.15, 0.2) is 30.3 Å². The SMILES string of the molecule is COc1ccc(-c2cc(C(=O)NC3CCCCCCC3)[nH]n2)cc1. The lowest BCUT2D eigenvalue weighted by Gasteiger charge is -2.20. The number of aromatic nitrogens is 2. The van der Waals surface area contributed by atoms with Crippen LogP contribution in [0.1, 0.15) is 55.4 Å². The van der Waals surface area contributed by atoms with Gasteiger partial charge in [-0.1, -0.05) is 32.1 Å². The highest BCUT2D eigenvalue weighted by Crippen LogP contribution is 2.22. The van der Waals surface area contributed by atoms with E-state index in [0.717, 1.165) is 29.8 Å². The van der Waals surface area contributed by atoms with Crippen LogP contribution in [0.2, 0.25) is 0 Å². The van der Waals surface area contributed by atoms with Crippen molar-refractivity contribution < 1.29 is 9.53 Å². The van der Waals surface area contributed by atoms with Gasteiger partial charge in [0.15, 0.2) is 0 Å². The van der Waals surface area contributed by atoms with Crippen LogP contribution in [0.25, 0.3) is 11.3 Å². The second kappa shape index (κ2) is 7.99. The highest BCUT2D eigenvalue weighted by atomic mass is 16.5. The minimum Gasteiger partial charge on any atom is -0.497 e. The van der Waals surface area contributed by atoms with Gasteiger partial charge in [-0.15, -0.1) is 0 Å². The van der Waals surface area contributed by atoms with E-state index in [1.54, 1.807) is 13.2 Å². The van der Waals surface area contributed by atoms with Gasteiger partial charge < -0.3 is 10.1 Å². The summed E-state index contributed by atoms with van der Waals surface area (Å²) in [6, 6.07) is 9.73. The number of hydrogen-bond donors (Lipinski definition) is 2. The van der Waals surface area contributed by atoms with E-state index in [1.807, 2.05) is 24.3 Å². The average molecular weight is 327 g/mol. The minimum atomic E-state index is -0.0622.